The predicted octanol–water partition coefficient (Wildman–Crippen LogP) is 4.49. The molecule has 0 aromatic heterocycles. The lowest BCUT2D eigenvalue weighted by Gasteiger charge is -2.34. The van der Waals surface area contributed by atoms with Crippen molar-refractivity contribution in [2.75, 3.05) is 0 Å². The topological polar surface area (TPSA) is 104 Å². The first-order valence-corrected chi connectivity index (χ1v) is 9.80. The van der Waals surface area contributed by atoms with E-state index < -0.39 is 17.5 Å². The van der Waals surface area contributed by atoms with Gasteiger partial charge >= 0.3 is 11.9 Å². The zero-order valence-corrected chi connectivity index (χ0v) is 17.6. The molecule has 4 rings (SSSR count). The van der Waals surface area contributed by atoms with E-state index in [1.54, 1.807) is 12.1 Å². The fraction of sp³-hybridized carbons (Fsp3) is 0.200. The number of fused-ring (bicyclic) bond motifs is 1. The van der Waals surface area contributed by atoms with Gasteiger partial charge in [-0.2, -0.15) is 0 Å². The molecule has 0 aliphatic carbocycles. The summed E-state index contributed by atoms with van der Waals surface area (Å²) in [6, 6.07) is 10.8. The number of carboxylic acid groups (broad SMARTS) is 1. The molecule has 1 aliphatic heterocycles. The van der Waals surface area contributed by atoms with Gasteiger partial charge in [-0.3, -0.25) is 0 Å². The molecule has 1 heterocycles. The minimum absolute atomic E-state index is 0.0538. The smallest absolute Gasteiger partial charge is 0.340 e. The second-order valence-corrected chi connectivity index (χ2v) is 7.94. The number of hydrogen-bond acceptors (Lipinski definition) is 5. The highest BCUT2D eigenvalue weighted by Crippen LogP contribution is 2.54. The van der Waals surface area contributed by atoms with Crippen LogP contribution in [0.1, 0.15) is 59.7 Å². The van der Waals surface area contributed by atoms with E-state index in [0.717, 1.165) is 11.1 Å². The maximum Gasteiger partial charge on any atom is 0.340 e. The molecule has 0 unspecified atom stereocenters. The van der Waals surface area contributed by atoms with Crippen molar-refractivity contribution in [2.45, 2.75) is 33.3 Å². The Balaban J connectivity index is 2.21. The van der Waals surface area contributed by atoms with Crippen LogP contribution in [0.25, 0.3) is 0 Å². The molecule has 0 radical (unpaired) electrons. The average Bonchev–Trinajstić information content (AvgIpc) is 3.01. The van der Waals surface area contributed by atoms with Gasteiger partial charge in [-0.1, -0.05) is 18.2 Å². The summed E-state index contributed by atoms with van der Waals surface area (Å²) in [7, 11) is 0. The molecule has 3 N–H and O–H groups in total. The van der Waals surface area contributed by atoms with E-state index in [1.807, 2.05) is 27.7 Å². The van der Waals surface area contributed by atoms with Crippen LogP contribution in [0.3, 0.4) is 0 Å². The number of ether oxygens (including phenoxy) is 1. The van der Waals surface area contributed by atoms with Crippen LogP contribution >= 0.6 is 0 Å². The van der Waals surface area contributed by atoms with E-state index >= 15 is 0 Å². The molecule has 3 aromatic rings. The fourth-order valence-electron chi connectivity index (χ4n) is 4.39. The number of phenols is 2. The van der Waals surface area contributed by atoms with Crippen LogP contribution < -0.4 is 0 Å². The van der Waals surface area contributed by atoms with Crippen molar-refractivity contribution in [1.82, 2.24) is 0 Å². The molecule has 6 heteroatoms. The van der Waals surface area contributed by atoms with Crippen LogP contribution in [0.15, 0.2) is 42.5 Å². The molecule has 6 nitrogen and oxygen atoms in total. The highest BCUT2D eigenvalue weighted by atomic mass is 16.6. The summed E-state index contributed by atoms with van der Waals surface area (Å²) in [6.07, 6.45) is 0. The largest absolute Gasteiger partial charge is 0.507 e. The molecule has 3 aromatic carbocycles. The van der Waals surface area contributed by atoms with Crippen LogP contribution in [-0.4, -0.2) is 27.3 Å². The summed E-state index contributed by atoms with van der Waals surface area (Å²) in [5.41, 5.74) is 2.57. The van der Waals surface area contributed by atoms with Gasteiger partial charge in [0.1, 0.15) is 11.5 Å². The first-order chi connectivity index (χ1) is 14.6. The Morgan fingerprint density at radius 3 is 1.84 bits per heavy atom. The fourth-order valence-corrected chi connectivity index (χ4v) is 4.39. The van der Waals surface area contributed by atoms with Gasteiger partial charge in [0.05, 0.1) is 11.1 Å². The molecule has 0 saturated heterocycles. The van der Waals surface area contributed by atoms with E-state index in [2.05, 4.69) is 0 Å². The Labute approximate surface area is 179 Å². The number of esters is 1. The summed E-state index contributed by atoms with van der Waals surface area (Å²) in [4.78, 5) is 24.5. The zero-order chi connectivity index (χ0) is 22.7. The lowest BCUT2D eigenvalue weighted by Crippen LogP contribution is -2.32. The number of phenolic OH excluding ortho intramolecular Hbond substituents is 2. The Morgan fingerprint density at radius 1 is 0.839 bits per heavy atom. The lowest BCUT2D eigenvalue weighted by molar-refractivity contribution is 0.0235. The minimum atomic E-state index is -1.64. The number of carboxylic acids is 1. The van der Waals surface area contributed by atoms with Crippen LogP contribution in [0.2, 0.25) is 0 Å². The number of hydrogen-bond donors (Lipinski definition) is 3. The summed E-state index contributed by atoms with van der Waals surface area (Å²) >= 11 is 0. The second kappa shape index (κ2) is 6.87. The summed E-state index contributed by atoms with van der Waals surface area (Å²) in [6.45, 7) is 7.37. The van der Waals surface area contributed by atoms with Gasteiger partial charge in [-0.15, -0.1) is 0 Å². The van der Waals surface area contributed by atoms with E-state index in [-0.39, 0.29) is 22.6 Å². The third kappa shape index (κ3) is 2.79. The number of rotatable bonds is 3. The van der Waals surface area contributed by atoms with Gasteiger partial charge < -0.3 is 20.1 Å². The molecular weight excluding hydrogens is 396 g/mol. The van der Waals surface area contributed by atoms with Gasteiger partial charge in [0.2, 0.25) is 0 Å². The number of cyclic esters (lactones) is 1. The Hall–Kier alpha value is -3.80. The monoisotopic (exact) mass is 418 g/mol. The van der Waals surface area contributed by atoms with Crippen molar-refractivity contribution in [3.8, 4) is 11.5 Å². The van der Waals surface area contributed by atoms with Crippen molar-refractivity contribution in [3.05, 3.63) is 92.5 Å². The van der Waals surface area contributed by atoms with Crippen LogP contribution in [0.4, 0.5) is 0 Å². The first-order valence-electron chi connectivity index (χ1n) is 9.80. The van der Waals surface area contributed by atoms with Gasteiger partial charge in [0.25, 0.3) is 0 Å². The second-order valence-electron chi connectivity index (χ2n) is 7.94. The molecule has 0 bridgehead atoms. The van der Waals surface area contributed by atoms with Crippen molar-refractivity contribution in [2.24, 2.45) is 0 Å². The van der Waals surface area contributed by atoms with E-state index in [9.17, 15) is 24.9 Å². The molecule has 31 heavy (non-hydrogen) atoms. The summed E-state index contributed by atoms with van der Waals surface area (Å²) in [5, 5.41) is 31.3. The van der Waals surface area contributed by atoms with Gasteiger partial charge in [-0.05, 0) is 74.2 Å². The Bertz CT molecular complexity index is 1210. The standard InChI is InChI=1S/C25H22O6/c1-12-5-9-19(26)21(14(12)3)25(22-15(4)13(2)6-10-20(22)27)18-8-7-16(23(28)29)11-17(18)24(30)31-25/h5-11,26-27H,1-4H3,(H,28,29). The molecule has 0 spiro atoms. The summed E-state index contributed by atoms with van der Waals surface area (Å²) < 4.78 is 6.01. The Morgan fingerprint density at radius 2 is 1.35 bits per heavy atom. The number of aromatic carboxylic acids is 1. The number of benzene rings is 3. The molecule has 0 fully saturated rings. The van der Waals surface area contributed by atoms with Gasteiger partial charge in [0, 0.05) is 16.7 Å². The quantitative estimate of drug-likeness (QED) is 0.542. The van der Waals surface area contributed by atoms with E-state index in [4.69, 9.17) is 4.74 Å². The Kier molecular flexibility index (Phi) is 4.54. The van der Waals surface area contributed by atoms with Crippen molar-refractivity contribution in [1.29, 1.82) is 0 Å². The minimum Gasteiger partial charge on any atom is -0.507 e. The number of carbonyl (C=O) groups excluding carboxylic acids is 1. The van der Waals surface area contributed by atoms with E-state index in [1.165, 1.54) is 30.3 Å². The van der Waals surface area contributed by atoms with Crippen LogP contribution in [0.5, 0.6) is 11.5 Å². The van der Waals surface area contributed by atoms with Crippen LogP contribution in [-0.2, 0) is 10.3 Å². The number of aromatic hydroxyl groups is 2. The third-order valence-electron chi connectivity index (χ3n) is 6.24. The first kappa shape index (κ1) is 20.5. The molecule has 158 valence electrons. The van der Waals surface area contributed by atoms with E-state index in [0.29, 0.717) is 27.8 Å². The maximum atomic E-state index is 13.0. The highest BCUT2D eigenvalue weighted by Gasteiger charge is 2.53. The van der Waals surface area contributed by atoms with Crippen LogP contribution in [0, 0.1) is 27.7 Å². The zero-order valence-electron chi connectivity index (χ0n) is 17.6. The molecule has 0 saturated carbocycles. The molecule has 0 atom stereocenters. The predicted molar refractivity (Wildman–Crippen MR) is 114 cm³/mol. The average molecular weight is 418 g/mol. The number of carbonyl (C=O) groups is 2. The number of aryl methyl sites for hydroxylation is 2. The van der Waals surface area contributed by atoms with Gasteiger partial charge in [-0.25, -0.2) is 9.59 Å². The molecule has 1 aliphatic rings. The van der Waals surface area contributed by atoms with Crippen molar-refractivity contribution < 1.29 is 29.6 Å². The lowest BCUT2D eigenvalue weighted by atomic mass is 9.74. The maximum absolute atomic E-state index is 13.0. The van der Waals surface area contributed by atoms with Gasteiger partial charge in [0.15, 0.2) is 5.60 Å². The van der Waals surface area contributed by atoms with Crippen molar-refractivity contribution in [3.63, 3.8) is 0 Å². The molecular formula is C25H22O6. The summed E-state index contributed by atoms with van der Waals surface area (Å²) in [5.74, 6) is -2.08. The van der Waals surface area contributed by atoms with Crippen molar-refractivity contribution >= 4 is 11.9 Å². The normalized spacial score (nSPS) is 14.3. The highest BCUT2D eigenvalue weighted by molar-refractivity contribution is 6.00. The SMILES string of the molecule is Cc1ccc(O)c(C2(c3c(O)ccc(C)c3C)OC(=O)c3cc(C(=O)O)ccc32)c1C. The molecule has 0 amide bonds. The third-order valence-corrected chi connectivity index (χ3v) is 6.24.